The number of carbonyl (C=O) groups excluding carboxylic acids is 1. The number of nitrogens with zero attached hydrogens (tertiary/aromatic N) is 3. The van der Waals surface area contributed by atoms with Gasteiger partial charge in [-0.2, -0.15) is 0 Å². The van der Waals surface area contributed by atoms with Crippen LogP contribution in [0.25, 0.3) is 0 Å². The first-order valence-electron chi connectivity index (χ1n) is 11.9. The molecule has 1 heterocycles. The number of hydrogen-bond donors (Lipinski definition) is 2. The molecule has 2 N–H and O–H groups in total. The molecule has 11 nitrogen and oxygen atoms in total. The molecule has 208 valence electrons. The quantitative estimate of drug-likeness (QED) is 0.288. The van der Waals surface area contributed by atoms with Gasteiger partial charge in [-0.15, -0.1) is 0 Å². The third kappa shape index (κ3) is 6.74. The molecule has 13 heteroatoms. The SMILES string of the molecule is COc1ccc(S(=O)(=O)N(CC(=O)Nc2ccc(S(=O)(=O)Nc3nc(C)cc(C)n3)cc2)c2ccccc2)cc1. The fourth-order valence-electron chi connectivity index (χ4n) is 3.78. The number of rotatable bonds is 10. The Morgan fingerprint density at radius 2 is 1.40 bits per heavy atom. The molecule has 0 bridgehead atoms. The van der Waals surface area contributed by atoms with E-state index >= 15 is 0 Å². The lowest BCUT2D eigenvalue weighted by Gasteiger charge is -2.24. The first kappa shape index (κ1) is 28.5. The standard InChI is InChI=1S/C27H27N5O6S2/c1-19-17-20(2)29-27(28-19)31-39(34,35)24-13-9-21(10-14-24)30-26(33)18-32(22-7-5-4-6-8-22)40(36,37)25-15-11-23(38-3)12-16-25/h4-17H,18H2,1-3H3,(H,30,33)(H,28,29,31). The number of methoxy groups -OCH3 is 1. The van der Waals surface area contributed by atoms with Crippen LogP contribution in [0.5, 0.6) is 5.75 Å². The Balaban J connectivity index is 1.51. The van der Waals surface area contributed by atoms with Crippen molar-refractivity contribution in [1.82, 2.24) is 9.97 Å². The topological polar surface area (TPSA) is 148 Å². The molecule has 4 aromatic rings. The zero-order valence-electron chi connectivity index (χ0n) is 21.9. The van der Waals surface area contributed by atoms with E-state index in [0.717, 1.165) is 4.31 Å². The van der Waals surface area contributed by atoms with Crippen LogP contribution < -0.4 is 19.1 Å². The summed E-state index contributed by atoms with van der Waals surface area (Å²) in [5, 5.41) is 2.62. The Morgan fingerprint density at radius 3 is 1.98 bits per heavy atom. The fourth-order valence-corrected chi connectivity index (χ4v) is 6.15. The number of aryl methyl sites for hydroxylation is 2. The Morgan fingerprint density at radius 1 is 0.825 bits per heavy atom. The number of benzene rings is 3. The molecule has 0 saturated heterocycles. The normalized spacial score (nSPS) is 11.5. The van der Waals surface area contributed by atoms with Gasteiger partial charge in [-0.05, 0) is 80.6 Å². The van der Waals surface area contributed by atoms with E-state index in [-0.39, 0.29) is 21.4 Å². The largest absolute Gasteiger partial charge is 0.497 e. The summed E-state index contributed by atoms with van der Waals surface area (Å²) >= 11 is 0. The van der Waals surface area contributed by atoms with Gasteiger partial charge in [-0.1, -0.05) is 18.2 Å². The van der Waals surface area contributed by atoms with Crippen LogP contribution in [0.2, 0.25) is 0 Å². The molecule has 1 aromatic heterocycles. The average Bonchev–Trinajstić information content (AvgIpc) is 2.91. The van der Waals surface area contributed by atoms with Crippen LogP contribution in [0.3, 0.4) is 0 Å². The van der Waals surface area contributed by atoms with Crippen LogP contribution in [0.15, 0.2) is 94.7 Å². The number of para-hydroxylation sites is 1. The summed E-state index contributed by atoms with van der Waals surface area (Å²) in [6.45, 7) is 2.93. The van der Waals surface area contributed by atoms with Crippen LogP contribution in [0.1, 0.15) is 11.4 Å². The number of hydrogen-bond acceptors (Lipinski definition) is 8. The molecule has 0 atom stereocenters. The Bertz CT molecular complexity index is 1690. The summed E-state index contributed by atoms with van der Waals surface area (Å²) in [6, 6.07) is 21.2. The molecule has 0 aliphatic carbocycles. The van der Waals surface area contributed by atoms with Crippen molar-refractivity contribution in [3.63, 3.8) is 0 Å². The van der Waals surface area contributed by atoms with E-state index in [9.17, 15) is 21.6 Å². The van der Waals surface area contributed by atoms with Gasteiger partial charge in [0.15, 0.2) is 0 Å². The van der Waals surface area contributed by atoms with Gasteiger partial charge in [-0.3, -0.25) is 9.10 Å². The molecule has 40 heavy (non-hydrogen) atoms. The van der Waals surface area contributed by atoms with Gasteiger partial charge in [0.2, 0.25) is 11.9 Å². The van der Waals surface area contributed by atoms with Gasteiger partial charge < -0.3 is 10.1 Å². The summed E-state index contributed by atoms with van der Waals surface area (Å²) in [7, 11) is -6.62. The van der Waals surface area contributed by atoms with E-state index < -0.39 is 32.5 Å². The van der Waals surface area contributed by atoms with E-state index in [1.807, 2.05) is 0 Å². The summed E-state index contributed by atoms with van der Waals surface area (Å²) in [5.41, 5.74) is 1.81. The Kier molecular flexibility index (Phi) is 8.35. The lowest BCUT2D eigenvalue weighted by atomic mass is 10.3. The van der Waals surface area contributed by atoms with Gasteiger partial charge in [0, 0.05) is 17.1 Å². The van der Waals surface area contributed by atoms with Crippen molar-refractivity contribution in [3.8, 4) is 5.75 Å². The number of aromatic nitrogens is 2. The molecular formula is C27H27N5O6S2. The van der Waals surface area contributed by atoms with Crippen molar-refractivity contribution >= 4 is 43.3 Å². The molecule has 0 unspecified atom stereocenters. The minimum absolute atomic E-state index is 0.0141. The van der Waals surface area contributed by atoms with Crippen molar-refractivity contribution in [2.24, 2.45) is 0 Å². The molecule has 0 spiro atoms. The Labute approximate surface area is 233 Å². The Hall–Kier alpha value is -4.49. The highest BCUT2D eigenvalue weighted by molar-refractivity contribution is 7.93. The first-order valence-corrected chi connectivity index (χ1v) is 14.9. The second kappa shape index (κ2) is 11.7. The molecule has 0 fully saturated rings. The van der Waals surface area contributed by atoms with Crippen molar-refractivity contribution in [1.29, 1.82) is 0 Å². The predicted octanol–water partition coefficient (Wildman–Crippen LogP) is 3.74. The third-order valence-corrected chi connectivity index (χ3v) is 8.77. The molecular weight excluding hydrogens is 554 g/mol. The van der Waals surface area contributed by atoms with Crippen molar-refractivity contribution in [2.75, 3.05) is 28.0 Å². The monoisotopic (exact) mass is 581 g/mol. The lowest BCUT2D eigenvalue weighted by molar-refractivity contribution is -0.114. The summed E-state index contributed by atoms with van der Waals surface area (Å²) in [4.78, 5) is 21.1. The minimum atomic E-state index is -4.11. The van der Waals surface area contributed by atoms with Crippen LogP contribution in [0.4, 0.5) is 17.3 Å². The van der Waals surface area contributed by atoms with Crippen molar-refractivity contribution in [2.45, 2.75) is 23.6 Å². The average molecular weight is 582 g/mol. The van der Waals surface area contributed by atoms with E-state index in [1.165, 1.54) is 55.6 Å². The molecule has 0 aliphatic rings. The van der Waals surface area contributed by atoms with Gasteiger partial charge in [0.05, 0.1) is 22.6 Å². The van der Waals surface area contributed by atoms with Gasteiger partial charge >= 0.3 is 0 Å². The highest BCUT2D eigenvalue weighted by atomic mass is 32.2. The molecule has 4 rings (SSSR count). The smallest absolute Gasteiger partial charge is 0.264 e. The zero-order chi connectivity index (χ0) is 28.9. The van der Waals surface area contributed by atoms with E-state index in [0.29, 0.717) is 22.8 Å². The van der Waals surface area contributed by atoms with Crippen molar-refractivity contribution in [3.05, 3.63) is 96.3 Å². The van der Waals surface area contributed by atoms with Gasteiger partial charge in [0.1, 0.15) is 12.3 Å². The van der Waals surface area contributed by atoms with Crippen molar-refractivity contribution < 1.29 is 26.4 Å². The highest BCUT2D eigenvalue weighted by Gasteiger charge is 2.27. The van der Waals surface area contributed by atoms with Gasteiger partial charge in [-0.25, -0.2) is 31.5 Å². The van der Waals surface area contributed by atoms with Crippen LogP contribution in [-0.4, -0.2) is 46.4 Å². The first-order chi connectivity index (χ1) is 19.0. The van der Waals surface area contributed by atoms with E-state index in [1.54, 1.807) is 50.2 Å². The van der Waals surface area contributed by atoms with E-state index in [4.69, 9.17) is 4.74 Å². The number of anilines is 3. The minimum Gasteiger partial charge on any atom is -0.497 e. The number of carbonyl (C=O) groups is 1. The fraction of sp³-hybridized carbons (Fsp3) is 0.148. The van der Waals surface area contributed by atoms with Gasteiger partial charge in [0.25, 0.3) is 20.0 Å². The summed E-state index contributed by atoms with van der Waals surface area (Å²) < 4.78 is 61.0. The maximum atomic E-state index is 13.5. The molecule has 0 aliphatic heterocycles. The van der Waals surface area contributed by atoms with E-state index in [2.05, 4.69) is 20.0 Å². The number of amides is 1. The third-order valence-electron chi connectivity index (χ3n) is 5.64. The highest BCUT2D eigenvalue weighted by Crippen LogP contribution is 2.25. The molecule has 1 amide bonds. The van der Waals surface area contributed by atoms with Crippen LogP contribution >= 0.6 is 0 Å². The second-order valence-corrected chi connectivity index (χ2v) is 12.2. The lowest BCUT2D eigenvalue weighted by Crippen LogP contribution is -2.38. The number of nitrogens with one attached hydrogen (secondary N) is 2. The summed E-state index contributed by atoms with van der Waals surface area (Å²) in [5.74, 6) is -0.183. The maximum absolute atomic E-state index is 13.5. The molecule has 0 radical (unpaired) electrons. The second-order valence-electron chi connectivity index (χ2n) is 8.68. The zero-order valence-corrected chi connectivity index (χ0v) is 23.5. The number of ether oxygens (including phenoxy) is 1. The molecule has 3 aromatic carbocycles. The van der Waals surface area contributed by atoms with Crippen LogP contribution in [0, 0.1) is 13.8 Å². The number of sulfonamides is 2. The predicted molar refractivity (Wildman–Crippen MR) is 151 cm³/mol. The summed E-state index contributed by atoms with van der Waals surface area (Å²) in [6.07, 6.45) is 0. The maximum Gasteiger partial charge on any atom is 0.264 e. The molecule has 0 saturated carbocycles. The van der Waals surface area contributed by atoms with Crippen LogP contribution in [-0.2, 0) is 24.8 Å².